The second kappa shape index (κ2) is 6.81. The molecule has 1 aliphatic rings. The van der Waals surface area contributed by atoms with Crippen LogP contribution in [-0.2, 0) is 11.2 Å². The molecule has 2 aromatic carbocycles. The van der Waals surface area contributed by atoms with Crippen LogP contribution in [0.1, 0.15) is 5.56 Å². The van der Waals surface area contributed by atoms with E-state index in [0.29, 0.717) is 6.04 Å². The summed E-state index contributed by atoms with van der Waals surface area (Å²) >= 11 is 0. The first-order chi connectivity index (χ1) is 10.7. The molecular weight excluding hydrogens is 276 g/mol. The minimum atomic E-state index is 0.456. The van der Waals surface area contributed by atoms with Crippen LogP contribution < -0.4 is 10.5 Å². The van der Waals surface area contributed by atoms with E-state index in [0.717, 1.165) is 43.4 Å². The van der Waals surface area contributed by atoms with Gasteiger partial charge in [0.15, 0.2) is 0 Å². The molecule has 0 aliphatic carbocycles. The average molecular weight is 298 g/mol. The smallest absolute Gasteiger partial charge is 0.127 e. The number of benzene rings is 2. The zero-order valence-electron chi connectivity index (χ0n) is 12.9. The number of hydrogen-bond donors (Lipinski definition) is 1. The van der Waals surface area contributed by atoms with Crippen molar-refractivity contribution in [3.05, 3.63) is 54.1 Å². The first-order valence-corrected chi connectivity index (χ1v) is 7.61. The second-order valence-corrected chi connectivity index (χ2v) is 5.73. The van der Waals surface area contributed by atoms with Crippen molar-refractivity contribution in [1.82, 2.24) is 4.90 Å². The number of nitrogen functional groups attached to an aromatic ring is 1. The van der Waals surface area contributed by atoms with Crippen molar-refractivity contribution in [3.8, 4) is 11.5 Å². The largest absolute Gasteiger partial charge is 0.457 e. The van der Waals surface area contributed by atoms with Gasteiger partial charge in [0.1, 0.15) is 11.5 Å². The maximum Gasteiger partial charge on any atom is 0.127 e. The van der Waals surface area contributed by atoms with Gasteiger partial charge in [0.25, 0.3) is 0 Å². The van der Waals surface area contributed by atoms with Crippen molar-refractivity contribution in [2.75, 3.05) is 32.5 Å². The number of nitrogens with two attached hydrogens (primary N) is 1. The molecule has 4 nitrogen and oxygen atoms in total. The standard InChI is InChI=1S/C18H22N2O2/c1-20-10-11-21-13-16(20)12-14-2-6-17(7-3-14)22-18-8-4-15(19)5-9-18/h2-9,16H,10-13,19H2,1H3. The molecule has 4 heteroatoms. The monoisotopic (exact) mass is 298 g/mol. The Morgan fingerprint density at radius 1 is 1.09 bits per heavy atom. The van der Waals surface area contributed by atoms with Crippen LogP contribution in [0.15, 0.2) is 48.5 Å². The van der Waals surface area contributed by atoms with E-state index in [9.17, 15) is 0 Å². The van der Waals surface area contributed by atoms with Gasteiger partial charge in [-0.15, -0.1) is 0 Å². The third-order valence-corrected chi connectivity index (χ3v) is 4.03. The highest BCUT2D eigenvalue weighted by Gasteiger charge is 2.19. The first kappa shape index (κ1) is 14.9. The lowest BCUT2D eigenvalue weighted by Crippen LogP contribution is -2.43. The van der Waals surface area contributed by atoms with Crippen molar-refractivity contribution >= 4 is 5.69 Å². The Bertz CT molecular complexity index is 595. The summed E-state index contributed by atoms with van der Waals surface area (Å²) in [5.41, 5.74) is 7.71. The van der Waals surface area contributed by atoms with Crippen LogP contribution >= 0.6 is 0 Å². The number of morpholine rings is 1. The van der Waals surface area contributed by atoms with E-state index in [1.165, 1.54) is 5.56 Å². The highest BCUT2D eigenvalue weighted by molar-refractivity contribution is 5.43. The van der Waals surface area contributed by atoms with E-state index in [2.05, 4.69) is 24.1 Å². The molecule has 3 rings (SSSR count). The van der Waals surface area contributed by atoms with E-state index in [1.54, 1.807) is 0 Å². The molecule has 116 valence electrons. The molecule has 22 heavy (non-hydrogen) atoms. The summed E-state index contributed by atoms with van der Waals surface area (Å²) in [7, 11) is 2.16. The molecule has 0 saturated carbocycles. The predicted octanol–water partition coefficient (Wildman–Crippen LogP) is 2.93. The summed E-state index contributed by atoms with van der Waals surface area (Å²) in [5.74, 6) is 1.63. The summed E-state index contributed by atoms with van der Waals surface area (Å²) in [6.45, 7) is 2.64. The minimum Gasteiger partial charge on any atom is -0.457 e. The van der Waals surface area contributed by atoms with Gasteiger partial charge in [-0.05, 0) is 55.4 Å². The number of ether oxygens (including phenoxy) is 2. The Hall–Kier alpha value is -2.04. The first-order valence-electron chi connectivity index (χ1n) is 7.61. The molecule has 0 aromatic heterocycles. The summed E-state index contributed by atoms with van der Waals surface area (Å²) in [6.07, 6.45) is 0.999. The van der Waals surface area contributed by atoms with Gasteiger partial charge in [-0.1, -0.05) is 12.1 Å². The number of anilines is 1. The van der Waals surface area contributed by atoms with E-state index in [-0.39, 0.29) is 0 Å². The van der Waals surface area contributed by atoms with E-state index in [4.69, 9.17) is 15.2 Å². The van der Waals surface area contributed by atoms with E-state index in [1.807, 2.05) is 36.4 Å². The van der Waals surface area contributed by atoms with E-state index >= 15 is 0 Å². The molecule has 1 heterocycles. The molecular formula is C18H22N2O2. The quantitative estimate of drug-likeness (QED) is 0.882. The van der Waals surface area contributed by atoms with Crippen molar-refractivity contribution in [2.24, 2.45) is 0 Å². The Morgan fingerprint density at radius 3 is 2.36 bits per heavy atom. The number of rotatable bonds is 4. The highest BCUT2D eigenvalue weighted by Crippen LogP contribution is 2.23. The van der Waals surface area contributed by atoms with Crippen molar-refractivity contribution < 1.29 is 9.47 Å². The normalized spacial score (nSPS) is 19.0. The molecule has 2 N–H and O–H groups in total. The Balaban J connectivity index is 1.61. The fraction of sp³-hybridized carbons (Fsp3) is 0.333. The van der Waals surface area contributed by atoms with Crippen LogP contribution in [0.2, 0.25) is 0 Å². The average Bonchev–Trinajstić information content (AvgIpc) is 2.54. The van der Waals surface area contributed by atoms with E-state index < -0.39 is 0 Å². The molecule has 1 fully saturated rings. The molecule has 0 spiro atoms. The lowest BCUT2D eigenvalue weighted by molar-refractivity contribution is 0.00624. The predicted molar refractivity (Wildman–Crippen MR) is 88.3 cm³/mol. The molecule has 0 radical (unpaired) electrons. The van der Waals surface area contributed by atoms with Crippen LogP contribution in [0.25, 0.3) is 0 Å². The molecule has 0 bridgehead atoms. The summed E-state index contributed by atoms with van der Waals surface area (Å²) in [5, 5.41) is 0. The summed E-state index contributed by atoms with van der Waals surface area (Å²) in [4.78, 5) is 2.36. The van der Waals surface area contributed by atoms with Crippen LogP contribution in [0.5, 0.6) is 11.5 Å². The third kappa shape index (κ3) is 3.78. The Kier molecular flexibility index (Phi) is 4.61. The van der Waals surface area contributed by atoms with Crippen LogP contribution in [0.3, 0.4) is 0 Å². The Morgan fingerprint density at radius 2 is 1.73 bits per heavy atom. The fourth-order valence-corrected chi connectivity index (χ4v) is 2.59. The minimum absolute atomic E-state index is 0.456. The molecule has 1 saturated heterocycles. The van der Waals surface area contributed by atoms with Gasteiger partial charge in [-0.3, -0.25) is 4.90 Å². The third-order valence-electron chi connectivity index (χ3n) is 4.03. The van der Waals surface area contributed by atoms with Gasteiger partial charge in [0.05, 0.1) is 13.2 Å². The van der Waals surface area contributed by atoms with Crippen molar-refractivity contribution in [3.63, 3.8) is 0 Å². The second-order valence-electron chi connectivity index (χ2n) is 5.73. The van der Waals surface area contributed by atoms with Gasteiger partial charge in [-0.25, -0.2) is 0 Å². The zero-order valence-corrected chi connectivity index (χ0v) is 12.9. The maximum atomic E-state index is 5.81. The molecule has 1 atom stereocenters. The zero-order chi connectivity index (χ0) is 15.4. The van der Waals surface area contributed by atoms with Crippen LogP contribution in [0, 0.1) is 0 Å². The van der Waals surface area contributed by atoms with Crippen molar-refractivity contribution in [2.45, 2.75) is 12.5 Å². The van der Waals surface area contributed by atoms with Crippen LogP contribution in [0.4, 0.5) is 5.69 Å². The highest BCUT2D eigenvalue weighted by atomic mass is 16.5. The van der Waals surface area contributed by atoms with Gasteiger partial charge in [0.2, 0.25) is 0 Å². The summed E-state index contributed by atoms with van der Waals surface area (Å²) in [6, 6.07) is 16.1. The lowest BCUT2D eigenvalue weighted by Gasteiger charge is -2.32. The fourth-order valence-electron chi connectivity index (χ4n) is 2.59. The van der Waals surface area contributed by atoms with Crippen molar-refractivity contribution in [1.29, 1.82) is 0 Å². The number of nitrogens with zero attached hydrogens (tertiary/aromatic N) is 1. The Labute approximate surface area is 131 Å². The van der Waals surface area contributed by atoms with Crippen LogP contribution in [-0.4, -0.2) is 37.7 Å². The van der Waals surface area contributed by atoms with Gasteiger partial charge < -0.3 is 15.2 Å². The topological polar surface area (TPSA) is 47.7 Å². The maximum absolute atomic E-state index is 5.81. The SMILES string of the molecule is CN1CCOCC1Cc1ccc(Oc2ccc(N)cc2)cc1. The lowest BCUT2D eigenvalue weighted by atomic mass is 10.0. The molecule has 2 aromatic rings. The molecule has 1 aliphatic heterocycles. The van der Waals surface area contributed by atoms with Gasteiger partial charge in [0, 0.05) is 18.3 Å². The summed E-state index contributed by atoms with van der Waals surface area (Å²) < 4.78 is 11.4. The number of likely N-dealkylation sites (N-methyl/N-ethyl adjacent to an activating group) is 1. The van der Waals surface area contributed by atoms with Gasteiger partial charge >= 0.3 is 0 Å². The van der Waals surface area contributed by atoms with Gasteiger partial charge in [-0.2, -0.15) is 0 Å². The molecule has 0 amide bonds. The molecule has 1 unspecified atom stereocenters. The number of hydrogen-bond acceptors (Lipinski definition) is 4.